The number of rotatable bonds is 8. The second-order valence-corrected chi connectivity index (χ2v) is 4.42. The Morgan fingerprint density at radius 3 is 2.50 bits per heavy atom. The number of amides is 1. The van der Waals surface area contributed by atoms with Crippen LogP contribution in [-0.2, 0) is 4.79 Å². The van der Waals surface area contributed by atoms with Gasteiger partial charge >= 0.3 is 6.01 Å². The van der Waals surface area contributed by atoms with Gasteiger partial charge in [-0.3, -0.25) is 4.79 Å². The number of carbonyl (C=O) groups is 1. The maximum absolute atomic E-state index is 11.6. The molecule has 1 aliphatic carbocycles. The number of aromatic nitrogens is 3. The van der Waals surface area contributed by atoms with Gasteiger partial charge in [0.1, 0.15) is 0 Å². The predicted molar refractivity (Wildman–Crippen MR) is 74.8 cm³/mol. The first kappa shape index (κ1) is 14.3. The Hall–Kier alpha value is -2.12. The van der Waals surface area contributed by atoms with Crippen LogP contribution in [0.3, 0.4) is 0 Å². The molecular formula is C12H20N6O2. The average molecular weight is 280 g/mol. The SMILES string of the molecule is CCNc1nc(NCC(=O)NC2CC2)nc(OCC)n1. The van der Waals surface area contributed by atoms with Crippen molar-refractivity contribution in [2.75, 3.05) is 30.3 Å². The lowest BCUT2D eigenvalue weighted by Gasteiger charge is -2.09. The first-order valence-electron chi connectivity index (χ1n) is 6.87. The quantitative estimate of drug-likeness (QED) is 0.633. The zero-order valence-corrected chi connectivity index (χ0v) is 11.8. The van der Waals surface area contributed by atoms with Crippen LogP contribution in [0.15, 0.2) is 0 Å². The van der Waals surface area contributed by atoms with Crippen LogP contribution in [0.2, 0.25) is 0 Å². The number of nitrogens with zero attached hydrogens (tertiary/aromatic N) is 3. The van der Waals surface area contributed by atoms with E-state index in [1.807, 2.05) is 13.8 Å². The molecule has 2 rings (SSSR count). The summed E-state index contributed by atoms with van der Waals surface area (Å²) in [7, 11) is 0. The van der Waals surface area contributed by atoms with E-state index in [0.29, 0.717) is 31.1 Å². The molecule has 1 fully saturated rings. The van der Waals surface area contributed by atoms with Gasteiger partial charge in [0, 0.05) is 12.6 Å². The van der Waals surface area contributed by atoms with E-state index in [1.165, 1.54) is 0 Å². The van der Waals surface area contributed by atoms with E-state index in [0.717, 1.165) is 12.8 Å². The van der Waals surface area contributed by atoms with Gasteiger partial charge < -0.3 is 20.7 Å². The number of nitrogens with one attached hydrogen (secondary N) is 3. The largest absolute Gasteiger partial charge is 0.464 e. The highest BCUT2D eigenvalue weighted by Crippen LogP contribution is 2.18. The maximum atomic E-state index is 11.6. The molecule has 1 aromatic heterocycles. The Morgan fingerprint density at radius 2 is 1.90 bits per heavy atom. The minimum Gasteiger partial charge on any atom is -0.464 e. The van der Waals surface area contributed by atoms with Crippen molar-refractivity contribution in [2.45, 2.75) is 32.7 Å². The molecule has 0 atom stereocenters. The number of hydrogen-bond acceptors (Lipinski definition) is 7. The molecule has 110 valence electrons. The van der Waals surface area contributed by atoms with Gasteiger partial charge in [-0.15, -0.1) is 0 Å². The Balaban J connectivity index is 1.95. The van der Waals surface area contributed by atoms with Crippen LogP contribution in [0.4, 0.5) is 11.9 Å². The Kier molecular flexibility index (Phi) is 4.91. The van der Waals surface area contributed by atoms with Gasteiger partial charge in [0.15, 0.2) is 0 Å². The molecule has 3 N–H and O–H groups in total. The van der Waals surface area contributed by atoms with E-state index in [2.05, 4.69) is 30.9 Å². The second-order valence-electron chi connectivity index (χ2n) is 4.42. The second kappa shape index (κ2) is 6.88. The standard InChI is InChI=1S/C12H20N6O2/c1-3-13-10-16-11(18-12(17-10)20-4-2)14-7-9(19)15-8-5-6-8/h8H,3-7H2,1-2H3,(H,15,19)(H2,13,14,16,17,18). The number of anilines is 2. The van der Waals surface area contributed by atoms with Crippen LogP contribution >= 0.6 is 0 Å². The Labute approximate surface area is 117 Å². The predicted octanol–water partition coefficient (Wildman–Crippen LogP) is 0.393. The highest BCUT2D eigenvalue weighted by atomic mass is 16.5. The molecule has 1 heterocycles. The highest BCUT2D eigenvalue weighted by molar-refractivity contribution is 5.80. The van der Waals surface area contributed by atoms with Crippen LogP contribution < -0.4 is 20.7 Å². The monoisotopic (exact) mass is 280 g/mol. The lowest BCUT2D eigenvalue weighted by molar-refractivity contribution is -0.119. The van der Waals surface area contributed by atoms with Gasteiger partial charge in [0.25, 0.3) is 0 Å². The fourth-order valence-corrected chi connectivity index (χ4v) is 1.53. The molecule has 20 heavy (non-hydrogen) atoms. The molecule has 1 aliphatic rings. The lowest BCUT2D eigenvalue weighted by Crippen LogP contribution is -2.31. The summed E-state index contributed by atoms with van der Waals surface area (Å²) in [5.41, 5.74) is 0. The van der Waals surface area contributed by atoms with Crippen molar-refractivity contribution >= 4 is 17.8 Å². The van der Waals surface area contributed by atoms with E-state index in [1.54, 1.807) is 0 Å². The van der Waals surface area contributed by atoms with E-state index < -0.39 is 0 Å². The zero-order valence-electron chi connectivity index (χ0n) is 11.8. The highest BCUT2D eigenvalue weighted by Gasteiger charge is 2.23. The fraction of sp³-hybridized carbons (Fsp3) is 0.667. The molecule has 0 bridgehead atoms. The van der Waals surface area contributed by atoms with Crippen molar-refractivity contribution in [1.82, 2.24) is 20.3 Å². The minimum absolute atomic E-state index is 0.0594. The first-order valence-corrected chi connectivity index (χ1v) is 6.87. The minimum atomic E-state index is -0.0594. The van der Waals surface area contributed by atoms with Gasteiger partial charge in [0.05, 0.1) is 13.2 Å². The van der Waals surface area contributed by atoms with E-state index in [4.69, 9.17) is 4.74 Å². The molecular weight excluding hydrogens is 260 g/mol. The normalized spacial score (nSPS) is 13.7. The molecule has 0 aliphatic heterocycles. The summed E-state index contributed by atoms with van der Waals surface area (Å²) in [4.78, 5) is 24.0. The smallest absolute Gasteiger partial charge is 0.323 e. The summed E-state index contributed by atoms with van der Waals surface area (Å²) in [5.74, 6) is 0.692. The van der Waals surface area contributed by atoms with Crippen molar-refractivity contribution in [3.8, 4) is 6.01 Å². The summed E-state index contributed by atoms with van der Waals surface area (Å²) in [5, 5.41) is 8.76. The van der Waals surface area contributed by atoms with Crippen LogP contribution in [0.25, 0.3) is 0 Å². The summed E-state index contributed by atoms with van der Waals surface area (Å²) < 4.78 is 5.27. The number of hydrogen-bond donors (Lipinski definition) is 3. The van der Waals surface area contributed by atoms with Gasteiger partial charge in [-0.25, -0.2) is 0 Å². The number of ether oxygens (including phenoxy) is 1. The van der Waals surface area contributed by atoms with Crippen LogP contribution in [0, 0.1) is 0 Å². The third-order valence-corrected chi connectivity index (χ3v) is 2.57. The van der Waals surface area contributed by atoms with Crippen molar-refractivity contribution in [3.63, 3.8) is 0 Å². The van der Waals surface area contributed by atoms with E-state index in [-0.39, 0.29) is 18.5 Å². The van der Waals surface area contributed by atoms with Crippen molar-refractivity contribution in [1.29, 1.82) is 0 Å². The van der Waals surface area contributed by atoms with Gasteiger partial charge in [-0.1, -0.05) is 0 Å². The Morgan fingerprint density at radius 1 is 1.20 bits per heavy atom. The molecule has 8 heteroatoms. The van der Waals surface area contributed by atoms with E-state index in [9.17, 15) is 4.79 Å². The first-order chi connectivity index (χ1) is 9.71. The van der Waals surface area contributed by atoms with Crippen LogP contribution in [0.5, 0.6) is 6.01 Å². The van der Waals surface area contributed by atoms with Gasteiger partial charge in [-0.2, -0.15) is 15.0 Å². The molecule has 0 unspecified atom stereocenters. The van der Waals surface area contributed by atoms with Crippen LogP contribution in [0.1, 0.15) is 26.7 Å². The Bertz CT molecular complexity index is 439. The summed E-state index contributed by atoms with van der Waals surface area (Å²) in [6.07, 6.45) is 2.13. The average Bonchev–Trinajstić information content (AvgIpc) is 3.21. The number of carbonyl (C=O) groups excluding carboxylic acids is 1. The summed E-state index contributed by atoms with van der Waals surface area (Å²) in [6.45, 7) is 5.10. The fourth-order valence-electron chi connectivity index (χ4n) is 1.53. The topological polar surface area (TPSA) is 101 Å². The third-order valence-electron chi connectivity index (χ3n) is 2.57. The van der Waals surface area contributed by atoms with Crippen molar-refractivity contribution in [3.05, 3.63) is 0 Å². The van der Waals surface area contributed by atoms with Gasteiger partial charge in [0.2, 0.25) is 17.8 Å². The lowest BCUT2D eigenvalue weighted by atomic mass is 10.5. The molecule has 0 radical (unpaired) electrons. The summed E-state index contributed by atoms with van der Waals surface area (Å²) in [6, 6.07) is 0.586. The molecule has 1 saturated carbocycles. The molecule has 8 nitrogen and oxygen atoms in total. The maximum Gasteiger partial charge on any atom is 0.323 e. The van der Waals surface area contributed by atoms with Crippen LogP contribution in [-0.4, -0.2) is 46.6 Å². The zero-order chi connectivity index (χ0) is 14.4. The van der Waals surface area contributed by atoms with Crippen molar-refractivity contribution in [2.24, 2.45) is 0 Å². The molecule has 0 spiro atoms. The summed E-state index contributed by atoms with van der Waals surface area (Å²) >= 11 is 0. The van der Waals surface area contributed by atoms with Gasteiger partial charge in [-0.05, 0) is 26.7 Å². The third kappa shape index (κ3) is 4.52. The van der Waals surface area contributed by atoms with E-state index >= 15 is 0 Å². The molecule has 1 amide bonds. The molecule has 1 aromatic rings. The molecule has 0 aromatic carbocycles. The molecule has 0 saturated heterocycles. The van der Waals surface area contributed by atoms with Crippen molar-refractivity contribution < 1.29 is 9.53 Å².